The Balaban J connectivity index is 2.08. The van der Waals surface area contributed by atoms with Gasteiger partial charge in [-0.1, -0.05) is 33.1 Å². The minimum Gasteiger partial charge on any atom is -0.330 e. The molecule has 0 radical (unpaired) electrons. The number of nitrogens with two attached hydrogens (primary N) is 2. The molecule has 0 aromatic carbocycles. The average molecular weight is 255 g/mol. The first-order valence-electron chi connectivity index (χ1n) is 7.84. The third-order valence-electron chi connectivity index (χ3n) is 4.66. The van der Waals surface area contributed by atoms with Crippen LogP contribution in [0.1, 0.15) is 52.4 Å². The molecule has 5 N–H and O–H groups in total. The molecule has 0 spiro atoms. The van der Waals surface area contributed by atoms with Crippen LogP contribution in [-0.2, 0) is 0 Å². The monoisotopic (exact) mass is 255 g/mol. The first kappa shape index (κ1) is 15.9. The van der Waals surface area contributed by atoms with Gasteiger partial charge in [0.05, 0.1) is 0 Å². The third kappa shape index (κ3) is 4.87. The molecule has 0 bridgehead atoms. The lowest BCUT2D eigenvalue weighted by Crippen LogP contribution is -2.37. The highest BCUT2D eigenvalue weighted by atomic mass is 14.9. The predicted octanol–water partition coefficient (Wildman–Crippen LogP) is 2.10. The molecule has 0 amide bonds. The molecule has 0 saturated heterocycles. The molecule has 1 fully saturated rings. The summed E-state index contributed by atoms with van der Waals surface area (Å²) >= 11 is 0. The molecular formula is C15H33N3. The van der Waals surface area contributed by atoms with E-state index in [1.165, 1.54) is 45.1 Å². The van der Waals surface area contributed by atoms with Gasteiger partial charge in [-0.15, -0.1) is 0 Å². The van der Waals surface area contributed by atoms with Crippen LogP contribution in [0.2, 0.25) is 0 Å². The Labute approximate surface area is 113 Å². The van der Waals surface area contributed by atoms with E-state index >= 15 is 0 Å². The van der Waals surface area contributed by atoms with E-state index in [-0.39, 0.29) is 0 Å². The second kappa shape index (κ2) is 8.89. The van der Waals surface area contributed by atoms with Gasteiger partial charge in [0.15, 0.2) is 0 Å². The van der Waals surface area contributed by atoms with Gasteiger partial charge >= 0.3 is 0 Å². The lowest BCUT2D eigenvalue weighted by atomic mass is 9.95. The number of hydrogen-bond donors (Lipinski definition) is 3. The number of nitrogens with one attached hydrogen (secondary N) is 1. The average Bonchev–Trinajstić information content (AvgIpc) is 2.64. The van der Waals surface area contributed by atoms with Crippen molar-refractivity contribution in [2.75, 3.05) is 19.6 Å². The van der Waals surface area contributed by atoms with Crippen molar-refractivity contribution in [3.8, 4) is 0 Å². The molecule has 3 heteroatoms. The zero-order valence-electron chi connectivity index (χ0n) is 12.3. The van der Waals surface area contributed by atoms with Gasteiger partial charge < -0.3 is 16.8 Å². The summed E-state index contributed by atoms with van der Waals surface area (Å²) in [6.45, 7) is 7.59. The Morgan fingerprint density at radius 3 is 2.28 bits per heavy atom. The standard InChI is InChI=1S/C15H33N3/c1-12-10-14(11-17)13(2)15(12)18-9-7-5-3-4-6-8-16/h12-15,18H,3-11,16-17H2,1-2H3. The molecule has 1 rings (SSSR count). The second-order valence-electron chi connectivity index (χ2n) is 6.10. The highest BCUT2D eigenvalue weighted by Crippen LogP contribution is 2.35. The van der Waals surface area contributed by atoms with Crippen molar-refractivity contribution >= 4 is 0 Å². The SMILES string of the molecule is CC1CC(CN)C(C)C1NCCCCCCCN. The maximum atomic E-state index is 5.83. The van der Waals surface area contributed by atoms with E-state index in [9.17, 15) is 0 Å². The summed E-state index contributed by atoms with van der Waals surface area (Å²) in [6, 6.07) is 0.683. The van der Waals surface area contributed by atoms with Crippen molar-refractivity contribution < 1.29 is 0 Å². The fourth-order valence-corrected chi connectivity index (χ4v) is 3.42. The first-order valence-corrected chi connectivity index (χ1v) is 7.84. The summed E-state index contributed by atoms with van der Waals surface area (Å²) in [7, 11) is 0. The largest absolute Gasteiger partial charge is 0.330 e. The third-order valence-corrected chi connectivity index (χ3v) is 4.66. The molecule has 3 nitrogen and oxygen atoms in total. The molecule has 1 aliphatic carbocycles. The summed E-state index contributed by atoms with van der Waals surface area (Å²) in [6.07, 6.45) is 7.74. The smallest absolute Gasteiger partial charge is 0.0121 e. The Kier molecular flexibility index (Phi) is 7.87. The van der Waals surface area contributed by atoms with Crippen molar-refractivity contribution in [1.29, 1.82) is 0 Å². The molecule has 4 unspecified atom stereocenters. The molecule has 1 aliphatic rings. The van der Waals surface area contributed by atoms with Crippen molar-refractivity contribution in [3.05, 3.63) is 0 Å². The minimum atomic E-state index is 0.683. The number of hydrogen-bond acceptors (Lipinski definition) is 3. The molecule has 4 atom stereocenters. The van der Waals surface area contributed by atoms with E-state index in [1.54, 1.807) is 0 Å². The Hall–Kier alpha value is -0.120. The van der Waals surface area contributed by atoms with E-state index in [0.29, 0.717) is 6.04 Å². The fraction of sp³-hybridized carbons (Fsp3) is 1.00. The minimum absolute atomic E-state index is 0.683. The van der Waals surface area contributed by atoms with Gasteiger partial charge in [-0.05, 0) is 56.7 Å². The Morgan fingerprint density at radius 1 is 1.00 bits per heavy atom. The summed E-state index contributed by atoms with van der Waals surface area (Å²) < 4.78 is 0. The van der Waals surface area contributed by atoms with Gasteiger partial charge in [0.1, 0.15) is 0 Å². The molecule has 108 valence electrons. The van der Waals surface area contributed by atoms with E-state index in [2.05, 4.69) is 19.2 Å². The van der Waals surface area contributed by atoms with Gasteiger partial charge in [0.2, 0.25) is 0 Å². The van der Waals surface area contributed by atoms with Crippen LogP contribution >= 0.6 is 0 Å². The lowest BCUT2D eigenvalue weighted by Gasteiger charge is -2.23. The van der Waals surface area contributed by atoms with Gasteiger partial charge in [-0.2, -0.15) is 0 Å². The van der Waals surface area contributed by atoms with Crippen LogP contribution in [0.25, 0.3) is 0 Å². The van der Waals surface area contributed by atoms with Crippen molar-refractivity contribution in [2.24, 2.45) is 29.2 Å². The van der Waals surface area contributed by atoms with Crippen LogP contribution in [0.4, 0.5) is 0 Å². The first-order chi connectivity index (χ1) is 8.70. The Morgan fingerprint density at radius 2 is 1.67 bits per heavy atom. The molecule has 0 aromatic heterocycles. The van der Waals surface area contributed by atoms with E-state index in [1.807, 2.05) is 0 Å². The lowest BCUT2D eigenvalue weighted by molar-refractivity contribution is 0.335. The molecule has 0 heterocycles. The topological polar surface area (TPSA) is 64.1 Å². The van der Waals surface area contributed by atoms with Gasteiger partial charge in [-0.3, -0.25) is 0 Å². The zero-order chi connectivity index (χ0) is 13.4. The van der Waals surface area contributed by atoms with Gasteiger partial charge in [-0.25, -0.2) is 0 Å². The van der Waals surface area contributed by atoms with Crippen LogP contribution in [0.5, 0.6) is 0 Å². The fourth-order valence-electron chi connectivity index (χ4n) is 3.42. The van der Waals surface area contributed by atoms with Gasteiger partial charge in [0, 0.05) is 6.04 Å². The normalized spacial score (nSPS) is 32.0. The van der Waals surface area contributed by atoms with Crippen LogP contribution < -0.4 is 16.8 Å². The van der Waals surface area contributed by atoms with E-state index < -0.39 is 0 Å². The maximum Gasteiger partial charge on any atom is 0.0121 e. The molecule has 18 heavy (non-hydrogen) atoms. The highest BCUT2D eigenvalue weighted by Gasteiger charge is 2.36. The molecular weight excluding hydrogens is 222 g/mol. The van der Waals surface area contributed by atoms with Crippen molar-refractivity contribution in [2.45, 2.75) is 58.4 Å². The maximum absolute atomic E-state index is 5.83. The molecule has 0 aliphatic heterocycles. The summed E-state index contributed by atoms with van der Waals surface area (Å²) in [5, 5.41) is 3.76. The summed E-state index contributed by atoms with van der Waals surface area (Å²) in [5.41, 5.74) is 11.3. The molecule has 1 saturated carbocycles. The van der Waals surface area contributed by atoms with E-state index in [4.69, 9.17) is 11.5 Å². The van der Waals surface area contributed by atoms with Crippen LogP contribution in [0.15, 0.2) is 0 Å². The predicted molar refractivity (Wildman–Crippen MR) is 79.4 cm³/mol. The zero-order valence-corrected chi connectivity index (χ0v) is 12.3. The number of unbranched alkanes of at least 4 members (excludes halogenated alkanes) is 4. The molecule has 0 aromatic rings. The van der Waals surface area contributed by atoms with E-state index in [0.717, 1.165) is 30.8 Å². The van der Waals surface area contributed by atoms with Crippen molar-refractivity contribution in [3.63, 3.8) is 0 Å². The second-order valence-corrected chi connectivity index (χ2v) is 6.10. The van der Waals surface area contributed by atoms with Crippen LogP contribution in [-0.4, -0.2) is 25.7 Å². The highest BCUT2D eigenvalue weighted by molar-refractivity contribution is 4.91. The quantitative estimate of drug-likeness (QED) is 0.553. The van der Waals surface area contributed by atoms with Crippen molar-refractivity contribution in [1.82, 2.24) is 5.32 Å². The number of rotatable bonds is 9. The van der Waals surface area contributed by atoms with Gasteiger partial charge in [0.25, 0.3) is 0 Å². The Bertz CT molecular complexity index is 208. The van der Waals surface area contributed by atoms with Crippen LogP contribution in [0.3, 0.4) is 0 Å². The summed E-state index contributed by atoms with van der Waals surface area (Å²) in [4.78, 5) is 0. The van der Waals surface area contributed by atoms with Crippen LogP contribution in [0, 0.1) is 17.8 Å². The summed E-state index contributed by atoms with van der Waals surface area (Å²) in [5.74, 6) is 2.25.